The minimum Gasteiger partial charge on any atom is -0.494 e. The first-order valence-corrected chi connectivity index (χ1v) is 8.74. The average molecular weight is 358 g/mol. The van der Waals surface area contributed by atoms with Gasteiger partial charge in [0.15, 0.2) is 0 Å². The minimum absolute atomic E-state index is 0.256. The number of ether oxygens (including phenoxy) is 2. The van der Waals surface area contributed by atoms with Gasteiger partial charge in [0.2, 0.25) is 0 Å². The molecule has 0 aliphatic heterocycles. The van der Waals surface area contributed by atoms with E-state index in [1.54, 1.807) is 6.92 Å². The Kier molecular flexibility index (Phi) is 4.85. The summed E-state index contributed by atoms with van der Waals surface area (Å²) in [5.41, 5.74) is 1.44. The van der Waals surface area contributed by atoms with Crippen LogP contribution in [-0.4, -0.2) is 29.2 Å². The normalized spacial score (nSPS) is 12.1. The Morgan fingerprint density at radius 2 is 2.04 bits per heavy atom. The van der Waals surface area contributed by atoms with E-state index in [2.05, 4.69) is 4.98 Å². The van der Waals surface area contributed by atoms with Crippen molar-refractivity contribution in [1.29, 1.82) is 0 Å². The predicted octanol–water partition coefficient (Wildman–Crippen LogP) is 3.26. The van der Waals surface area contributed by atoms with Gasteiger partial charge in [0.25, 0.3) is 5.56 Å². The summed E-state index contributed by atoms with van der Waals surface area (Å²) in [6.07, 6.45) is 1.39. The third-order valence-corrected chi connectivity index (χ3v) is 4.84. The van der Waals surface area contributed by atoms with Crippen LogP contribution in [0, 0.1) is 0 Å². The summed E-state index contributed by atoms with van der Waals surface area (Å²) in [5.74, 6) is 0.293. The summed E-state index contributed by atoms with van der Waals surface area (Å²) in [5, 5.41) is 2.41. The highest BCUT2D eigenvalue weighted by Gasteiger charge is 2.20. The van der Waals surface area contributed by atoms with Crippen LogP contribution in [0.5, 0.6) is 5.75 Å². The number of nitrogens with zero attached hydrogens (tertiary/aromatic N) is 2. The van der Waals surface area contributed by atoms with Crippen LogP contribution in [0.15, 0.2) is 40.8 Å². The van der Waals surface area contributed by atoms with Gasteiger partial charge in [-0.25, -0.2) is 9.78 Å². The van der Waals surface area contributed by atoms with E-state index in [4.69, 9.17) is 9.47 Å². The monoisotopic (exact) mass is 358 g/mol. The van der Waals surface area contributed by atoms with Gasteiger partial charge in [0.1, 0.15) is 16.6 Å². The maximum Gasteiger partial charge on any atom is 0.328 e. The number of carbonyl (C=O) groups is 1. The number of esters is 1. The Bertz CT molecular complexity index is 959. The molecule has 3 rings (SSSR count). The number of hydrogen-bond acceptors (Lipinski definition) is 6. The summed E-state index contributed by atoms with van der Waals surface area (Å²) >= 11 is 1.40. The number of thiophene rings is 1. The molecule has 0 unspecified atom stereocenters. The second kappa shape index (κ2) is 7.06. The molecule has 25 heavy (non-hydrogen) atoms. The zero-order valence-corrected chi connectivity index (χ0v) is 15.0. The van der Waals surface area contributed by atoms with Crippen LogP contribution in [-0.2, 0) is 9.53 Å². The van der Waals surface area contributed by atoms with Gasteiger partial charge in [-0.2, -0.15) is 0 Å². The molecule has 1 atom stereocenters. The molecule has 0 aliphatic rings. The highest BCUT2D eigenvalue weighted by molar-refractivity contribution is 7.17. The Balaban J connectivity index is 2.11. The summed E-state index contributed by atoms with van der Waals surface area (Å²) in [6.45, 7) is 4.14. The largest absolute Gasteiger partial charge is 0.494 e. The zero-order valence-electron chi connectivity index (χ0n) is 14.2. The third kappa shape index (κ3) is 3.15. The van der Waals surface area contributed by atoms with Crippen LogP contribution >= 0.6 is 11.3 Å². The SMILES string of the molecule is CCOc1ccc(-c2csc3ncn([C@H](C)C(=O)OC)c(=O)c23)cc1. The molecule has 0 spiro atoms. The number of methoxy groups -OCH3 is 1. The summed E-state index contributed by atoms with van der Waals surface area (Å²) in [7, 11) is 1.30. The lowest BCUT2D eigenvalue weighted by Crippen LogP contribution is -2.29. The fourth-order valence-electron chi connectivity index (χ4n) is 2.62. The Hall–Kier alpha value is -2.67. The topological polar surface area (TPSA) is 70.4 Å². The van der Waals surface area contributed by atoms with Crippen LogP contribution in [0.2, 0.25) is 0 Å². The van der Waals surface area contributed by atoms with Crippen molar-refractivity contribution in [2.75, 3.05) is 13.7 Å². The molecular formula is C18H18N2O4S. The van der Waals surface area contributed by atoms with Crippen LogP contribution in [0.25, 0.3) is 21.3 Å². The van der Waals surface area contributed by atoms with Gasteiger partial charge in [0.05, 0.1) is 25.4 Å². The van der Waals surface area contributed by atoms with E-state index in [0.717, 1.165) is 16.9 Å². The molecule has 3 aromatic rings. The van der Waals surface area contributed by atoms with Crippen molar-refractivity contribution in [1.82, 2.24) is 9.55 Å². The molecule has 2 heterocycles. The predicted molar refractivity (Wildman–Crippen MR) is 97.2 cm³/mol. The van der Waals surface area contributed by atoms with E-state index in [-0.39, 0.29) is 5.56 Å². The standard InChI is InChI=1S/C18H18N2O4S/c1-4-24-13-7-5-12(6-8-13)14-9-25-16-15(14)17(21)20(10-19-16)11(2)18(22)23-3/h5-11H,4H2,1-3H3/t11-/m1/s1. The Morgan fingerprint density at radius 1 is 1.32 bits per heavy atom. The smallest absolute Gasteiger partial charge is 0.328 e. The molecule has 0 saturated carbocycles. The molecule has 0 N–H and O–H groups in total. The molecule has 0 amide bonds. The van der Waals surface area contributed by atoms with E-state index in [1.807, 2.05) is 36.6 Å². The number of aromatic nitrogens is 2. The van der Waals surface area contributed by atoms with Crippen molar-refractivity contribution in [3.8, 4) is 16.9 Å². The van der Waals surface area contributed by atoms with Gasteiger partial charge < -0.3 is 9.47 Å². The fourth-order valence-corrected chi connectivity index (χ4v) is 3.52. The molecule has 1 aromatic carbocycles. The van der Waals surface area contributed by atoms with E-state index in [1.165, 1.54) is 29.3 Å². The fraction of sp³-hybridized carbons (Fsp3) is 0.278. The highest BCUT2D eigenvalue weighted by atomic mass is 32.1. The first kappa shape index (κ1) is 17.2. The Labute approximate surface area is 148 Å². The van der Waals surface area contributed by atoms with Crippen molar-refractivity contribution in [3.63, 3.8) is 0 Å². The average Bonchev–Trinajstić information content (AvgIpc) is 3.07. The second-order valence-electron chi connectivity index (χ2n) is 5.44. The molecule has 0 fully saturated rings. The number of rotatable bonds is 5. The first-order chi connectivity index (χ1) is 12.1. The van der Waals surface area contributed by atoms with E-state index in [0.29, 0.717) is 16.8 Å². The number of fused-ring (bicyclic) bond motifs is 1. The van der Waals surface area contributed by atoms with Crippen LogP contribution in [0.1, 0.15) is 19.9 Å². The summed E-state index contributed by atoms with van der Waals surface area (Å²) < 4.78 is 11.5. The molecule has 130 valence electrons. The Morgan fingerprint density at radius 3 is 2.68 bits per heavy atom. The molecule has 2 aromatic heterocycles. The van der Waals surface area contributed by atoms with Gasteiger partial charge in [-0.3, -0.25) is 9.36 Å². The van der Waals surface area contributed by atoms with Crippen molar-refractivity contribution in [3.05, 3.63) is 46.3 Å². The third-order valence-electron chi connectivity index (χ3n) is 3.96. The summed E-state index contributed by atoms with van der Waals surface area (Å²) in [6, 6.07) is 6.82. The van der Waals surface area contributed by atoms with Crippen molar-refractivity contribution < 1.29 is 14.3 Å². The van der Waals surface area contributed by atoms with Crippen molar-refractivity contribution in [2.24, 2.45) is 0 Å². The molecule has 0 bridgehead atoms. The quantitative estimate of drug-likeness (QED) is 0.655. The van der Waals surface area contributed by atoms with Crippen LogP contribution in [0.3, 0.4) is 0 Å². The van der Waals surface area contributed by atoms with Crippen LogP contribution in [0.4, 0.5) is 0 Å². The molecular weight excluding hydrogens is 340 g/mol. The van der Waals surface area contributed by atoms with Crippen molar-refractivity contribution in [2.45, 2.75) is 19.9 Å². The van der Waals surface area contributed by atoms with E-state index >= 15 is 0 Å². The van der Waals surface area contributed by atoms with Gasteiger partial charge in [0, 0.05) is 10.9 Å². The first-order valence-electron chi connectivity index (χ1n) is 7.86. The van der Waals surface area contributed by atoms with Gasteiger partial charge >= 0.3 is 5.97 Å². The summed E-state index contributed by atoms with van der Waals surface area (Å²) in [4.78, 5) is 29.6. The molecule has 0 radical (unpaired) electrons. The van der Waals surface area contributed by atoms with Gasteiger partial charge in [-0.15, -0.1) is 11.3 Å². The number of carbonyl (C=O) groups excluding carboxylic acids is 1. The van der Waals surface area contributed by atoms with Gasteiger partial charge in [-0.05, 0) is 31.5 Å². The molecule has 6 nitrogen and oxygen atoms in total. The maximum absolute atomic E-state index is 12.9. The molecule has 0 saturated heterocycles. The van der Waals surface area contributed by atoms with E-state index < -0.39 is 12.0 Å². The lowest BCUT2D eigenvalue weighted by molar-refractivity contribution is -0.144. The minimum atomic E-state index is -0.734. The number of hydrogen-bond donors (Lipinski definition) is 0. The van der Waals surface area contributed by atoms with Crippen LogP contribution < -0.4 is 10.3 Å². The molecule has 7 heteroatoms. The lowest BCUT2D eigenvalue weighted by Gasteiger charge is -2.12. The van der Waals surface area contributed by atoms with Gasteiger partial charge in [-0.1, -0.05) is 12.1 Å². The molecule has 0 aliphatic carbocycles. The maximum atomic E-state index is 12.9. The second-order valence-corrected chi connectivity index (χ2v) is 6.30. The highest BCUT2D eigenvalue weighted by Crippen LogP contribution is 2.31. The zero-order chi connectivity index (χ0) is 18.0. The number of benzene rings is 1. The van der Waals surface area contributed by atoms with Crippen molar-refractivity contribution >= 4 is 27.5 Å². The lowest BCUT2D eigenvalue weighted by atomic mass is 10.1. The van der Waals surface area contributed by atoms with E-state index in [9.17, 15) is 9.59 Å².